The van der Waals surface area contributed by atoms with Gasteiger partial charge in [0.2, 0.25) is 0 Å². The van der Waals surface area contributed by atoms with Crippen LogP contribution in [0.15, 0.2) is 80.9 Å². The molecule has 0 saturated carbocycles. The molecular weight excluding hydrogens is 556 g/mol. The van der Waals surface area contributed by atoms with E-state index in [9.17, 15) is 26.7 Å². The Morgan fingerprint density at radius 2 is 1.75 bits per heavy atom. The third kappa shape index (κ3) is 5.35. The van der Waals surface area contributed by atoms with Crippen LogP contribution in [-0.4, -0.2) is 37.3 Å². The zero-order valence-corrected chi connectivity index (χ0v) is 23.1. The van der Waals surface area contributed by atoms with Crippen LogP contribution in [0.2, 0.25) is 0 Å². The lowest BCUT2D eigenvalue weighted by atomic mass is 10.1. The number of aryl methyl sites for hydroxylation is 1. The maximum atomic E-state index is 13.6. The number of hydrogen-bond donors (Lipinski definition) is 4. The summed E-state index contributed by atoms with van der Waals surface area (Å²) in [6.45, 7) is 4.31. The Balaban J connectivity index is 1.53. The maximum absolute atomic E-state index is 13.6. The molecule has 14 heteroatoms. The number of amidine groups is 1. The van der Waals surface area contributed by atoms with Crippen molar-refractivity contribution in [3.8, 4) is 5.75 Å². The fraction of sp³-hybridized carbons (Fsp3) is 0.192. The minimum Gasteiger partial charge on any atom is -0.506 e. The number of nitrogens with one attached hydrogen (secondary N) is 3. The van der Waals surface area contributed by atoms with E-state index in [0.717, 1.165) is 6.07 Å². The van der Waals surface area contributed by atoms with Crippen LogP contribution in [0.3, 0.4) is 0 Å². The minimum absolute atomic E-state index is 0.0260. The van der Waals surface area contributed by atoms with E-state index in [-0.39, 0.29) is 44.6 Å². The smallest absolute Gasteiger partial charge is 0.321 e. The van der Waals surface area contributed by atoms with Crippen molar-refractivity contribution in [1.82, 2.24) is 9.55 Å². The second-order valence-electron chi connectivity index (χ2n) is 9.56. The molecule has 3 heterocycles. The summed E-state index contributed by atoms with van der Waals surface area (Å²) in [6.07, 6.45) is 2.15. The van der Waals surface area contributed by atoms with Crippen molar-refractivity contribution in [3.63, 3.8) is 0 Å². The Hall–Kier alpha value is -4.43. The quantitative estimate of drug-likeness (QED) is 0.244. The lowest BCUT2D eigenvalue weighted by Gasteiger charge is -2.21. The number of para-hydroxylation sites is 1. The van der Waals surface area contributed by atoms with Gasteiger partial charge in [-0.1, -0.05) is 32.0 Å². The van der Waals surface area contributed by atoms with Crippen molar-refractivity contribution >= 4 is 54.2 Å². The summed E-state index contributed by atoms with van der Waals surface area (Å²) in [6, 6.07) is 15.2. The number of nitrogens with zero attached hydrogens (tertiary/aromatic N) is 3. The molecule has 2 aromatic heterocycles. The number of sulfonamides is 1. The van der Waals surface area contributed by atoms with E-state index in [1.54, 1.807) is 42.5 Å². The molecule has 1 aliphatic heterocycles. The Bertz CT molecular complexity index is 1920. The summed E-state index contributed by atoms with van der Waals surface area (Å²) in [7, 11) is -8.49. The summed E-state index contributed by atoms with van der Waals surface area (Å²) in [4.78, 5) is 17.5. The molecule has 0 fully saturated rings. The first kappa shape index (κ1) is 27.1. The van der Waals surface area contributed by atoms with E-state index >= 15 is 0 Å². The fourth-order valence-corrected chi connectivity index (χ4v) is 6.33. The Kier molecular flexibility index (Phi) is 6.98. The lowest BCUT2D eigenvalue weighted by Crippen LogP contribution is -2.33. The van der Waals surface area contributed by atoms with Crippen molar-refractivity contribution < 1.29 is 21.9 Å². The Morgan fingerprint density at radius 1 is 1.02 bits per heavy atom. The molecule has 0 spiro atoms. The van der Waals surface area contributed by atoms with E-state index in [2.05, 4.69) is 24.1 Å². The van der Waals surface area contributed by atoms with Gasteiger partial charge in [-0.05, 0) is 54.8 Å². The molecule has 208 valence electrons. The van der Waals surface area contributed by atoms with Crippen molar-refractivity contribution in [3.05, 3.63) is 82.8 Å². The number of rotatable bonds is 8. The van der Waals surface area contributed by atoms with Crippen LogP contribution in [0.25, 0.3) is 11.0 Å². The highest BCUT2D eigenvalue weighted by atomic mass is 32.2. The van der Waals surface area contributed by atoms with Gasteiger partial charge >= 0.3 is 10.2 Å². The van der Waals surface area contributed by atoms with E-state index in [1.165, 1.54) is 22.9 Å². The number of anilines is 3. The van der Waals surface area contributed by atoms with E-state index < -0.39 is 31.5 Å². The van der Waals surface area contributed by atoms with Crippen LogP contribution in [0.5, 0.6) is 5.75 Å². The number of benzene rings is 2. The zero-order chi connectivity index (χ0) is 28.7. The van der Waals surface area contributed by atoms with Gasteiger partial charge in [-0.15, -0.1) is 4.40 Å². The van der Waals surface area contributed by atoms with Crippen LogP contribution in [0.1, 0.15) is 25.8 Å². The van der Waals surface area contributed by atoms with E-state index in [1.807, 2.05) is 13.8 Å². The topological polar surface area (TPSA) is 172 Å². The van der Waals surface area contributed by atoms with Crippen LogP contribution < -0.4 is 20.3 Å². The molecule has 1 aliphatic rings. The fourth-order valence-electron chi connectivity index (χ4n) is 4.24. The number of aromatic hydroxyl groups is 1. The summed E-state index contributed by atoms with van der Waals surface area (Å²) in [5.74, 6) is -0.525. The van der Waals surface area contributed by atoms with Crippen LogP contribution in [0, 0.1) is 5.92 Å². The average molecular weight is 583 g/mol. The van der Waals surface area contributed by atoms with E-state index in [4.69, 9.17) is 0 Å². The number of pyridine rings is 2. The largest absolute Gasteiger partial charge is 0.506 e. The third-order valence-corrected chi connectivity index (χ3v) is 8.49. The molecule has 40 heavy (non-hydrogen) atoms. The minimum atomic E-state index is -4.41. The summed E-state index contributed by atoms with van der Waals surface area (Å²) < 4.78 is 61.4. The molecule has 0 saturated heterocycles. The van der Waals surface area contributed by atoms with Gasteiger partial charge in [0.1, 0.15) is 21.9 Å². The molecule has 4 N–H and O–H groups in total. The first-order chi connectivity index (χ1) is 18.9. The van der Waals surface area contributed by atoms with Crippen molar-refractivity contribution in [2.75, 3.05) is 14.8 Å². The maximum Gasteiger partial charge on any atom is 0.321 e. The molecule has 0 atom stereocenters. The predicted octanol–water partition coefficient (Wildman–Crippen LogP) is 3.48. The normalized spacial score (nSPS) is 14.3. The lowest BCUT2D eigenvalue weighted by molar-refractivity contribution is 0.473. The third-order valence-electron chi connectivity index (χ3n) is 6.16. The number of aromatic nitrogens is 2. The first-order valence-corrected chi connectivity index (χ1v) is 15.2. The summed E-state index contributed by atoms with van der Waals surface area (Å²) >= 11 is 0. The SMILES string of the molecule is CC(C)CCn1c(=O)c(C2=NS(=O)(=O)c3cc(NS(=O)(=O)Nc4ccccc4)ccc3N2)c(O)c2cccnc21. The molecule has 0 unspecified atom stereocenters. The van der Waals surface area contributed by atoms with Gasteiger partial charge in [-0.3, -0.25) is 18.8 Å². The monoisotopic (exact) mass is 582 g/mol. The standard InChI is InChI=1S/C26H26N6O6S2/c1-16(2)12-14-32-25-19(9-6-13-27-25)23(33)22(26(32)34)24-28-20-11-10-18(15-21(20)39(35,36)31-24)30-40(37,38)29-17-7-4-3-5-8-17/h3-11,13,15-16,29-30,33H,12,14H2,1-2H3,(H,28,31). The van der Waals surface area contributed by atoms with Gasteiger partial charge < -0.3 is 10.4 Å². The molecule has 12 nitrogen and oxygen atoms in total. The molecule has 0 radical (unpaired) electrons. The van der Waals surface area contributed by atoms with Crippen molar-refractivity contribution in [1.29, 1.82) is 0 Å². The van der Waals surface area contributed by atoms with Crippen LogP contribution >= 0.6 is 0 Å². The average Bonchev–Trinajstić information content (AvgIpc) is 2.89. The van der Waals surface area contributed by atoms with Crippen LogP contribution in [-0.2, 0) is 26.8 Å². The molecule has 0 amide bonds. The van der Waals surface area contributed by atoms with Crippen molar-refractivity contribution in [2.45, 2.75) is 31.7 Å². The van der Waals surface area contributed by atoms with Gasteiger partial charge in [-0.25, -0.2) is 4.98 Å². The van der Waals surface area contributed by atoms with Crippen molar-refractivity contribution in [2.24, 2.45) is 10.3 Å². The molecule has 4 aromatic rings. The zero-order valence-electron chi connectivity index (χ0n) is 21.5. The molecule has 0 bridgehead atoms. The van der Waals surface area contributed by atoms with Gasteiger partial charge in [0, 0.05) is 12.7 Å². The molecule has 0 aliphatic carbocycles. The second-order valence-corrected chi connectivity index (χ2v) is 12.5. The number of hydrogen-bond acceptors (Lipinski definition) is 8. The highest BCUT2D eigenvalue weighted by Crippen LogP contribution is 2.34. The van der Waals surface area contributed by atoms with E-state index in [0.29, 0.717) is 18.7 Å². The Morgan fingerprint density at radius 3 is 2.48 bits per heavy atom. The van der Waals surface area contributed by atoms with Crippen LogP contribution in [0.4, 0.5) is 17.1 Å². The Labute approximate surface area is 230 Å². The first-order valence-electron chi connectivity index (χ1n) is 12.3. The molecule has 5 rings (SSSR count). The molecular formula is C26H26N6O6S2. The second kappa shape index (κ2) is 10.3. The van der Waals surface area contributed by atoms with Gasteiger partial charge in [0.15, 0.2) is 5.84 Å². The predicted molar refractivity (Wildman–Crippen MR) is 154 cm³/mol. The summed E-state index contributed by atoms with van der Waals surface area (Å²) in [5, 5.41) is 14.1. The van der Waals surface area contributed by atoms with Gasteiger partial charge in [0.25, 0.3) is 15.6 Å². The summed E-state index contributed by atoms with van der Waals surface area (Å²) in [5.41, 5.74) is -0.332. The van der Waals surface area contributed by atoms with Gasteiger partial charge in [0.05, 0.1) is 22.4 Å². The highest BCUT2D eigenvalue weighted by molar-refractivity contribution is 7.94. The molecule has 2 aromatic carbocycles. The highest BCUT2D eigenvalue weighted by Gasteiger charge is 2.31. The number of fused-ring (bicyclic) bond motifs is 2. The van der Waals surface area contributed by atoms with Gasteiger partial charge in [-0.2, -0.15) is 16.8 Å².